The number of nitrogens with zero attached hydrogens (tertiary/aromatic N) is 3. The summed E-state index contributed by atoms with van der Waals surface area (Å²) in [4.78, 5) is 26.5. The average Bonchev–Trinajstić information content (AvgIpc) is 3.21. The smallest absolute Gasteiger partial charge is 0.414 e. The van der Waals surface area contributed by atoms with E-state index >= 15 is 4.39 Å². The van der Waals surface area contributed by atoms with Crippen LogP contribution in [-0.2, 0) is 9.53 Å². The Balaban J connectivity index is 1.39. The van der Waals surface area contributed by atoms with Gasteiger partial charge in [-0.25, -0.2) is 18.0 Å². The van der Waals surface area contributed by atoms with Crippen LogP contribution in [0, 0.1) is 34.7 Å². The molecule has 7 nitrogen and oxygen atoms in total. The van der Waals surface area contributed by atoms with Gasteiger partial charge in [-0.1, -0.05) is 6.07 Å². The molecule has 4 rings (SSSR count). The van der Waals surface area contributed by atoms with Gasteiger partial charge in [0.25, 0.3) is 0 Å². The SMILES string of the molecule is CC(=O)NC[C@H]1CN(c2ccc(N3CCC(C(C#N)c4ccc(F)c(F)c4)CC3)c(F)c2)C(=O)O1. The molecule has 1 unspecified atom stereocenters. The maximum absolute atomic E-state index is 15.0. The zero-order valence-corrected chi connectivity index (χ0v) is 19.1. The van der Waals surface area contributed by atoms with Crippen molar-refractivity contribution < 1.29 is 27.5 Å². The van der Waals surface area contributed by atoms with Crippen molar-refractivity contribution in [2.45, 2.75) is 31.8 Å². The molecule has 0 spiro atoms. The maximum Gasteiger partial charge on any atom is 0.414 e. The molecule has 0 aliphatic carbocycles. The first-order valence-corrected chi connectivity index (χ1v) is 11.4. The fourth-order valence-corrected chi connectivity index (χ4v) is 4.65. The van der Waals surface area contributed by atoms with Crippen LogP contribution in [0.4, 0.5) is 29.3 Å². The number of ether oxygens (including phenoxy) is 1. The lowest BCUT2D eigenvalue weighted by Gasteiger charge is -2.35. The van der Waals surface area contributed by atoms with E-state index in [9.17, 15) is 23.6 Å². The number of carbonyl (C=O) groups excluding carboxylic acids is 2. The third-order valence-electron chi connectivity index (χ3n) is 6.49. The average molecular weight is 486 g/mol. The fourth-order valence-electron chi connectivity index (χ4n) is 4.65. The van der Waals surface area contributed by atoms with Gasteiger partial charge in [-0.2, -0.15) is 5.26 Å². The molecule has 2 atom stereocenters. The van der Waals surface area contributed by atoms with Crippen LogP contribution >= 0.6 is 0 Å². The first-order valence-electron chi connectivity index (χ1n) is 11.4. The number of piperidine rings is 1. The Morgan fingerprint density at radius 1 is 1.14 bits per heavy atom. The van der Waals surface area contributed by atoms with Gasteiger partial charge in [0, 0.05) is 20.0 Å². The molecular weight excluding hydrogens is 461 g/mol. The number of amides is 2. The molecule has 0 saturated carbocycles. The van der Waals surface area contributed by atoms with Crippen LogP contribution < -0.4 is 15.1 Å². The van der Waals surface area contributed by atoms with Gasteiger partial charge in [0.05, 0.1) is 36.5 Å². The summed E-state index contributed by atoms with van der Waals surface area (Å²) >= 11 is 0. The summed E-state index contributed by atoms with van der Waals surface area (Å²) < 4.78 is 47.2. The van der Waals surface area contributed by atoms with E-state index in [1.54, 1.807) is 12.1 Å². The van der Waals surface area contributed by atoms with E-state index in [1.807, 2.05) is 4.90 Å². The van der Waals surface area contributed by atoms with Crippen molar-refractivity contribution in [3.05, 3.63) is 59.4 Å². The molecule has 2 aromatic carbocycles. The molecular formula is C25H25F3N4O3. The standard InChI is InChI=1S/C25H25F3N4O3/c1-15(33)30-13-19-14-32(25(34)35-19)18-3-5-24(23(28)11-18)31-8-6-16(7-9-31)20(12-29)17-2-4-21(26)22(27)10-17/h2-5,10-11,16,19-20H,6-9,13-14H2,1H3,(H,30,33)/t19-,20?/m0/s1. The predicted molar refractivity (Wildman–Crippen MR) is 122 cm³/mol. The van der Waals surface area contributed by atoms with Crippen LogP contribution in [0.3, 0.4) is 0 Å². The number of carbonyl (C=O) groups is 2. The summed E-state index contributed by atoms with van der Waals surface area (Å²) in [6.07, 6.45) is 0.0487. The molecule has 2 saturated heterocycles. The van der Waals surface area contributed by atoms with E-state index in [0.29, 0.717) is 42.9 Å². The Labute approximate surface area is 201 Å². The van der Waals surface area contributed by atoms with Gasteiger partial charge >= 0.3 is 6.09 Å². The van der Waals surface area contributed by atoms with Crippen LogP contribution in [-0.4, -0.2) is 44.3 Å². The monoisotopic (exact) mass is 486 g/mol. The highest BCUT2D eigenvalue weighted by atomic mass is 19.2. The van der Waals surface area contributed by atoms with Crippen LogP contribution in [0.2, 0.25) is 0 Å². The van der Waals surface area contributed by atoms with Gasteiger partial charge < -0.3 is 15.0 Å². The van der Waals surface area contributed by atoms with Gasteiger partial charge in [-0.3, -0.25) is 9.69 Å². The highest BCUT2D eigenvalue weighted by Crippen LogP contribution is 2.36. The lowest BCUT2D eigenvalue weighted by atomic mass is 9.81. The molecule has 2 aliphatic heterocycles. The number of halogens is 3. The Bertz CT molecular complexity index is 1160. The molecule has 35 heavy (non-hydrogen) atoms. The summed E-state index contributed by atoms with van der Waals surface area (Å²) in [5, 5.41) is 12.2. The summed E-state index contributed by atoms with van der Waals surface area (Å²) in [7, 11) is 0. The first-order chi connectivity index (χ1) is 16.8. The van der Waals surface area contributed by atoms with E-state index < -0.39 is 35.6 Å². The number of cyclic esters (lactones) is 1. The lowest BCUT2D eigenvalue weighted by molar-refractivity contribution is -0.119. The third kappa shape index (κ3) is 5.34. The Morgan fingerprint density at radius 3 is 2.51 bits per heavy atom. The number of nitrogens with one attached hydrogen (secondary N) is 1. The second-order valence-corrected chi connectivity index (χ2v) is 8.79. The first kappa shape index (κ1) is 24.4. The van der Waals surface area contributed by atoms with Crippen molar-refractivity contribution >= 4 is 23.4 Å². The predicted octanol–water partition coefficient (Wildman–Crippen LogP) is 4.09. The van der Waals surface area contributed by atoms with Crippen molar-refractivity contribution in [1.82, 2.24) is 5.32 Å². The zero-order chi connectivity index (χ0) is 25.1. The highest BCUT2D eigenvalue weighted by Gasteiger charge is 2.33. The zero-order valence-electron chi connectivity index (χ0n) is 19.1. The number of hydrogen-bond acceptors (Lipinski definition) is 5. The quantitative estimate of drug-likeness (QED) is 0.665. The van der Waals surface area contributed by atoms with Crippen molar-refractivity contribution in [3.63, 3.8) is 0 Å². The minimum absolute atomic E-state index is 0.0663. The van der Waals surface area contributed by atoms with Gasteiger partial charge in [-0.05, 0) is 54.7 Å². The number of anilines is 2. The molecule has 184 valence electrons. The minimum Gasteiger partial charge on any atom is -0.442 e. The van der Waals surface area contributed by atoms with Gasteiger partial charge in [-0.15, -0.1) is 0 Å². The largest absolute Gasteiger partial charge is 0.442 e. The molecule has 10 heteroatoms. The minimum atomic E-state index is -0.981. The van der Waals surface area contributed by atoms with Crippen molar-refractivity contribution in [1.29, 1.82) is 5.26 Å². The van der Waals surface area contributed by atoms with Crippen LogP contribution in [0.25, 0.3) is 0 Å². The summed E-state index contributed by atoms with van der Waals surface area (Å²) in [6, 6.07) is 10.3. The number of nitriles is 1. The third-order valence-corrected chi connectivity index (χ3v) is 6.49. The molecule has 2 aliphatic rings. The molecule has 2 heterocycles. The second-order valence-electron chi connectivity index (χ2n) is 8.79. The molecule has 0 aromatic heterocycles. The molecule has 1 N–H and O–H groups in total. The van der Waals surface area contributed by atoms with Crippen molar-refractivity contribution in [2.24, 2.45) is 5.92 Å². The normalized spacial score (nSPS) is 19.3. The van der Waals surface area contributed by atoms with Crippen LogP contribution in [0.5, 0.6) is 0 Å². The molecule has 0 bridgehead atoms. The van der Waals surface area contributed by atoms with E-state index in [2.05, 4.69) is 11.4 Å². The molecule has 0 radical (unpaired) electrons. The molecule has 2 aromatic rings. The highest BCUT2D eigenvalue weighted by molar-refractivity contribution is 5.90. The maximum atomic E-state index is 15.0. The number of benzene rings is 2. The topological polar surface area (TPSA) is 85.7 Å². The summed E-state index contributed by atoms with van der Waals surface area (Å²) in [5.74, 6) is -3.30. The van der Waals surface area contributed by atoms with Crippen molar-refractivity contribution in [3.8, 4) is 6.07 Å². The fraction of sp³-hybridized carbons (Fsp3) is 0.400. The lowest BCUT2D eigenvalue weighted by Crippen LogP contribution is -2.36. The van der Waals surface area contributed by atoms with E-state index in [1.165, 1.54) is 24.0 Å². The van der Waals surface area contributed by atoms with Gasteiger partial charge in [0.1, 0.15) is 11.9 Å². The van der Waals surface area contributed by atoms with Crippen LogP contribution in [0.1, 0.15) is 31.2 Å². The van der Waals surface area contributed by atoms with Gasteiger partial charge in [0.15, 0.2) is 11.6 Å². The Hall–Kier alpha value is -3.74. The summed E-state index contributed by atoms with van der Waals surface area (Å²) in [5.41, 5.74) is 1.19. The molecule has 2 fully saturated rings. The van der Waals surface area contributed by atoms with E-state index in [0.717, 1.165) is 12.1 Å². The van der Waals surface area contributed by atoms with E-state index in [-0.39, 0.29) is 24.9 Å². The molecule has 2 amide bonds. The summed E-state index contributed by atoms with van der Waals surface area (Å²) in [6.45, 7) is 2.74. The second kappa shape index (κ2) is 10.3. The van der Waals surface area contributed by atoms with Crippen molar-refractivity contribution in [2.75, 3.05) is 36.0 Å². The number of hydrogen-bond donors (Lipinski definition) is 1. The Morgan fingerprint density at radius 2 is 1.89 bits per heavy atom. The van der Waals surface area contributed by atoms with E-state index in [4.69, 9.17) is 4.74 Å². The van der Waals surface area contributed by atoms with Gasteiger partial charge in [0.2, 0.25) is 5.91 Å². The Kier molecular flexibility index (Phi) is 7.15. The van der Waals surface area contributed by atoms with Crippen LogP contribution in [0.15, 0.2) is 36.4 Å². The number of rotatable bonds is 6.